The Morgan fingerprint density at radius 3 is 2.06 bits per heavy atom. The molecule has 6 heteroatoms. The van der Waals surface area contributed by atoms with E-state index in [0.717, 1.165) is 24.0 Å². The molecule has 0 saturated carbocycles. The third-order valence-electron chi connectivity index (χ3n) is 5.26. The molecular formula is C29H29N3O3. The van der Waals surface area contributed by atoms with Crippen molar-refractivity contribution in [1.29, 1.82) is 5.26 Å². The van der Waals surface area contributed by atoms with Crippen LogP contribution in [0.25, 0.3) is 0 Å². The van der Waals surface area contributed by atoms with Gasteiger partial charge in [-0.05, 0) is 29.7 Å². The highest BCUT2D eigenvalue weighted by molar-refractivity contribution is 6.09. The van der Waals surface area contributed by atoms with Gasteiger partial charge in [0.15, 0.2) is 0 Å². The zero-order valence-corrected chi connectivity index (χ0v) is 19.8. The first-order chi connectivity index (χ1) is 17.1. The highest BCUT2D eigenvalue weighted by Crippen LogP contribution is 2.18. The molecule has 0 saturated heterocycles. The Morgan fingerprint density at radius 2 is 1.49 bits per heavy atom. The van der Waals surface area contributed by atoms with Crippen molar-refractivity contribution in [2.24, 2.45) is 0 Å². The number of hydrogen-bond acceptors (Lipinski definition) is 5. The van der Waals surface area contributed by atoms with Gasteiger partial charge in [-0.3, -0.25) is 4.79 Å². The van der Waals surface area contributed by atoms with E-state index in [1.165, 1.54) is 0 Å². The van der Waals surface area contributed by atoms with E-state index in [-0.39, 0.29) is 11.1 Å². The standard InChI is InChI=1S/C29H29N3O3/c1-2-3-18-35-29(34)26-16-10-11-17-27(26)31-28(33)25(19-30)22-32(20-23-12-6-4-7-13-23)21-24-14-8-5-9-15-24/h4-17,22H,2-3,18,20-21H2,1H3,(H,31,33)/b25-22-. The van der Waals surface area contributed by atoms with Crippen molar-refractivity contribution < 1.29 is 14.3 Å². The number of nitrogens with one attached hydrogen (secondary N) is 1. The smallest absolute Gasteiger partial charge is 0.340 e. The van der Waals surface area contributed by atoms with Gasteiger partial charge < -0.3 is 15.0 Å². The quantitative estimate of drug-likeness (QED) is 0.169. The first-order valence-corrected chi connectivity index (χ1v) is 11.6. The second kappa shape index (κ2) is 13.4. The Kier molecular flexibility index (Phi) is 9.64. The number of anilines is 1. The van der Waals surface area contributed by atoms with Crippen LogP contribution in [0.5, 0.6) is 0 Å². The number of unbranched alkanes of at least 4 members (excludes halogenated alkanes) is 1. The average molecular weight is 468 g/mol. The lowest BCUT2D eigenvalue weighted by atomic mass is 10.1. The summed E-state index contributed by atoms with van der Waals surface area (Å²) in [6.45, 7) is 3.37. The molecule has 0 aliphatic heterocycles. The lowest BCUT2D eigenvalue weighted by Gasteiger charge is -2.21. The Bertz CT molecular complexity index is 1140. The molecule has 0 radical (unpaired) electrons. The molecule has 178 valence electrons. The van der Waals surface area contributed by atoms with Crippen LogP contribution in [0.3, 0.4) is 0 Å². The second-order valence-corrected chi connectivity index (χ2v) is 8.02. The fourth-order valence-electron chi connectivity index (χ4n) is 3.45. The minimum atomic E-state index is -0.590. The number of hydrogen-bond donors (Lipinski definition) is 1. The zero-order valence-electron chi connectivity index (χ0n) is 19.8. The van der Waals surface area contributed by atoms with Crippen LogP contribution in [-0.4, -0.2) is 23.4 Å². The SMILES string of the molecule is CCCCOC(=O)c1ccccc1NC(=O)/C(C#N)=C\N(Cc1ccccc1)Cc1ccccc1. The summed E-state index contributed by atoms with van der Waals surface area (Å²) >= 11 is 0. The number of benzene rings is 3. The summed E-state index contributed by atoms with van der Waals surface area (Å²) in [5.41, 5.74) is 2.60. The molecule has 0 heterocycles. The van der Waals surface area contributed by atoms with Crippen LogP contribution in [0.15, 0.2) is 96.7 Å². The van der Waals surface area contributed by atoms with Gasteiger partial charge in [0.25, 0.3) is 5.91 Å². The number of nitriles is 1. The molecule has 6 nitrogen and oxygen atoms in total. The van der Waals surface area contributed by atoms with Crippen molar-refractivity contribution in [1.82, 2.24) is 4.90 Å². The summed E-state index contributed by atoms with van der Waals surface area (Å²) in [6.07, 6.45) is 3.24. The van der Waals surface area contributed by atoms with Crippen LogP contribution in [0, 0.1) is 11.3 Å². The molecule has 1 N–H and O–H groups in total. The molecule has 0 fully saturated rings. The summed E-state index contributed by atoms with van der Waals surface area (Å²) in [7, 11) is 0. The second-order valence-electron chi connectivity index (χ2n) is 8.02. The topological polar surface area (TPSA) is 82.4 Å². The molecule has 0 atom stereocenters. The minimum absolute atomic E-state index is 0.0639. The highest BCUT2D eigenvalue weighted by Gasteiger charge is 2.17. The van der Waals surface area contributed by atoms with Crippen LogP contribution in [0.2, 0.25) is 0 Å². The van der Waals surface area contributed by atoms with Crippen molar-refractivity contribution in [2.45, 2.75) is 32.9 Å². The maximum atomic E-state index is 13.0. The fourth-order valence-corrected chi connectivity index (χ4v) is 3.45. The number of carbonyl (C=O) groups excluding carboxylic acids is 2. The number of nitrogens with zero attached hydrogens (tertiary/aromatic N) is 2. The molecule has 0 spiro atoms. The third kappa shape index (κ3) is 7.86. The number of rotatable bonds is 11. The van der Waals surface area contributed by atoms with Crippen molar-refractivity contribution in [3.05, 3.63) is 113 Å². The van der Waals surface area contributed by atoms with Gasteiger partial charge >= 0.3 is 5.97 Å². The average Bonchev–Trinajstić information content (AvgIpc) is 2.88. The number of amides is 1. The van der Waals surface area contributed by atoms with Crippen LogP contribution < -0.4 is 5.32 Å². The van der Waals surface area contributed by atoms with Gasteiger partial charge in [-0.1, -0.05) is 86.1 Å². The van der Waals surface area contributed by atoms with Gasteiger partial charge in [0.2, 0.25) is 0 Å². The van der Waals surface area contributed by atoms with E-state index in [0.29, 0.717) is 25.4 Å². The first-order valence-electron chi connectivity index (χ1n) is 11.6. The van der Waals surface area contributed by atoms with Crippen LogP contribution in [0.4, 0.5) is 5.69 Å². The van der Waals surface area contributed by atoms with Gasteiger partial charge in [0.1, 0.15) is 11.6 Å². The predicted octanol–water partition coefficient (Wildman–Crippen LogP) is 5.69. The molecule has 0 unspecified atom stereocenters. The number of esters is 1. The Hall–Kier alpha value is -4.37. The fraction of sp³-hybridized carbons (Fsp3) is 0.207. The molecule has 1 amide bonds. The summed E-state index contributed by atoms with van der Waals surface area (Å²) in [5, 5.41) is 12.5. The minimum Gasteiger partial charge on any atom is -0.462 e. The molecule has 0 aliphatic rings. The zero-order chi connectivity index (χ0) is 24.9. The maximum absolute atomic E-state index is 13.0. The van der Waals surface area contributed by atoms with E-state index in [1.807, 2.05) is 78.6 Å². The number of para-hydroxylation sites is 1. The summed E-state index contributed by atoms with van der Waals surface area (Å²) in [6, 6.07) is 28.3. The molecule has 3 aromatic carbocycles. The van der Waals surface area contributed by atoms with Gasteiger partial charge in [-0.2, -0.15) is 5.26 Å². The lowest BCUT2D eigenvalue weighted by Crippen LogP contribution is -2.22. The number of carbonyl (C=O) groups is 2. The van der Waals surface area contributed by atoms with Gasteiger partial charge in [0, 0.05) is 19.3 Å². The summed E-state index contributed by atoms with van der Waals surface area (Å²) in [4.78, 5) is 27.4. The van der Waals surface area contributed by atoms with Crippen molar-refractivity contribution in [3.8, 4) is 6.07 Å². The van der Waals surface area contributed by atoms with Gasteiger partial charge in [-0.25, -0.2) is 4.79 Å². The van der Waals surface area contributed by atoms with Crippen LogP contribution in [0.1, 0.15) is 41.3 Å². The lowest BCUT2D eigenvalue weighted by molar-refractivity contribution is -0.112. The molecular weight excluding hydrogens is 438 g/mol. The molecule has 0 bridgehead atoms. The molecule has 0 aromatic heterocycles. The number of ether oxygens (including phenoxy) is 1. The third-order valence-corrected chi connectivity index (χ3v) is 5.26. The van der Waals surface area contributed by atoms with Crippen molar-refractivity contribution in [3.63, 3.8) is 0 Å². The van der Waals surface area contributed by atoms with Crippen LogP contribution in [-0.2, 0) is 22.6 Å². The first kappa shape index (κ1) is 25.3. The largest absolute Gasteiger partial charge is 0.462 e. The Balaban J connectivity index is 1.81. The van der Waals surface area contributed by atoms with Crippen LogP contribution >= 0.6 is 0 Å². The Labute approximate surface area is 206 Å². The van der Waals surface area contributed by atoms with Crippen molar-refractivity contribution >= 4 is 17.6 Å². The summed E-state index contributed by atoms with van der Waals surface area (Å²) in [5.74, 6) is -1.10. The Morgan fingerprint density at radius 1 is 0.914 bits per heavy atom. The highest BCUT2D eigenvalue weighted by atomic mass is 16.5. The molecule has 0 aliphatic carbocycles. The van der Waals surface area contributed by atoms with E-state index >= 15 is 0 Å². The normalized spacial score (nSPS) is 10.8. The van der Waals surface area contributed by atoms with E-state index in [2.05, 4.69) is 5.32 Å². The van der Waals surface area contributed by atoms with Gasteiger partial charge in [0.05, 0.1) is 17.9 Å². The van der Waals surface area contributed by atoms with E-state index in [1.54, 1.807) is 30.5 Å². The molecule has 3 rings (SSSR count). The van der Waals surface area contributed by atoms with E-state index in [9.17, 15) is 14.9 Å². The van der Waals surface area contributed by atoms with E-state index in [4.69, 9.17) is 4.74 Å². The van der Waals surface area contributed by atoms with E-state index < -0.39 is 11.9 Å². The molecule has 3 aromatic rings. The summed E-state index contributed by atoms with van der Waals surface area (Å²) < 4.78 is 5.30. The monoisotopic (exact) mass is 467 g/mol. The van der Waals surface area contributed by atoms with Crippen molar-refractivity contribution in [2.75, 3.05) is 11.9 Å². The van der Waals surface area contributed by atoms with Gasteiger partial charge in [-0.15, -0.1) is 0 Å². The molecule has 35 heavy (non-hydrogen) atoms. The predicted molar refractivity (Wildman–Crippen MR) is 136 cm³/mol. The maximum Gasteiger partial charge on any atom is 0.340 e.